The summed E-state index contributed by atoms with van der Waals surface area (Å²) < 4.78 is 16.2. The highest BCUT2D eigenvalue weighted by molar-refractivity contribution is 5.13. The molecule has 0 saturated carbocycles. The molecular formula is C15H22O6. The van der Waals surface area contributed by atoms with Crippen LogP contribution in [0.4, 0.5) is 0 Å². The van der Waals surface area contributed by atoms with E-state index in [1.54, 1.807) is 13.8 Å². The third-order valence-electron chi connectivity index (χ3n) is 3.29. The van der Waals surface area contributed by atoms with Gasteiger partial charge in [0.05, 0.1) is 13.2 Å². The molecule has 1 aliphatic rings. The summed E-state index contributed by atoms with van der Waals surface area (Å²) >= 11 is 0. The van der Waals surface area contributed by atoms with E-state index in [0.717, 1.165) is 5.56 Å². The first-order chi connectivity index (χ1) is 9.93. The van der Waals surface area contributed by atoms with Gasteiger partial charge in [-0.05, 0) is 19.4 Å². The molecule has 6 heteroatoms. The molecule has 0 aromatic heterocycles. The smallest absolute Gasteiger partial charge is 0.183 e. The molecule has 1 aromatic rings. The Labute approximate surface area is 123 Å². The van der Waals surface area contributed by atoms with E-state index in [2.05, 4.69) is 0 Å². The number of rotatable bonds is 6. The van der Waals surface area contributed by atoms with Gasteiger partial charge in [0.1, 0.15) is 18.3 Å². The van der Waals surface area contributed by atoms with Gasteiger partial charge in [0.15, 0.2) is 12.1 Å². The standard InChI is InChI=1S/C15H22O6/c1-15(2)20-11(8-16)13(21-15)12(17)14(18)19-9-10-6-4-3-5-7-10/h3-7,11-14,16-18H,8-9H2,1-2H3/t11-,12-,13-,14?/m0/s1. The summed E-state index contributed by atoms with van der Waals surface area (Å²) in [6.45, 7) is 3.22. The Morgan fingerprint density at radius 1 is 1.19 bits per heavy atom. The van der Waals surface area contributed by atoms with E-state index >= 15 is 0 Å². The predicted octanol–water partition coefficient (Wildman–Crippen LogP) is 0.395. The molecule has 1 unspecified atom stereocenters. The first-order valence-electron chi connectivity index (χ1n) is 6.91. The van der Waals surface area contributed by atoms with Crippen molar-refractivity contribution in [1.29, 1.82) is 0 Å². The van der Waals surface area contributed by atoms with Crippen LogP contribution in [0.2, 0.25) is 0 Å². The molecule has 0 bridgehead atoms. The fourth-order valence-corrected chi connectivity index (χ4v) is 2.31. The second kappa shape index (κ2) is 6.83. The van der Waals surface area contributed by atoms with E-state index in [0.29, 0.717) is 0 Å². The monoisotopic (exact) mass is 298 g/mol. The van der Waals surface area contributed by atoms with Crippen LogP contribution >= 0.6 is 0 Å². The Balaban J connectivity index is 1.91. The topological polar surface area (TPSA) is 88.4 Å². The fraction of sp³-hybridized carbons (Fsp3) is 0.600. The van der Waals surface area contributed by atoms with Gasteiger partial charge in [-0.15, -0.1) is 0 Å². The van der Waals surface area contributed by atoms with Gasteiger partial charge < -0.3 is 29.5 Å². The maximum Gasteiger partial charge on any atom is 0.183 e. The summed E-state index contributed by atoms with van der Waals surface area (Å²) in [7, 11) is 0. The summed E-state index contributed by atoms with van der Waals surface area (Å²) in [4.78, 5) is 0. The van der Waals surface area contributed by atoms with Crippen molar-refractivity contribution in [2.45, 2.75) is 50.8 Å². The van der Waals surface area contributed by atoms with Crippen LogP contribution in [0.15, 0.2) is 30.3 Å². The lowest BCUT2D eigenvalue weighted by molar-refractivity contribution is -0.211. The van der Waals surface area contributed by atoms with Crippen molar-refractivity contribution in [2.24, 2.45) is 0 Å². The largest absolute Gasteiger partial charge is 0.394 e. The molecule has 118 valence electrons. The van der Waals surface area contributed by atoms with E-state index in [1.165, 1.54) is 0 Å². The Hall–Kier alpha value is -1.02. The third-order valence-corrected chi connectivity index (χ3v) is 3.29. The zero-order valence-electron chi connectivity index (χ0n) is 12.2. The molecule has 3 N–H and O–H groups in total. The highest BCUT2D eigenvalue weighted by Gasteiger charge is 2.46. The minimum atomic E-state index is -1.43. The number of aliphatic hydroxyl groups excluding tert-OH is 3. The van der Waals surface area contributed by atoms with Gasteiger partial charge in [-0.2, -0.15) is 0 Å². The van der Waals surface area contributed by atoms with E-state index in [9.17, 15) is 15.3 Å². The molecule has 1 aromatic carbocycles. The molecule has 21 heavy (non-hydrogen) atoms. The number of aliphatic hydroxyl groups is 3. The van der Waals surface area contributed by atoms with Gasteiger partial charge in [-0.25, -0.2) is 0 Å². The summed E-state index contributed by atoms with van der Waals surface area (Å²) in [5, 5.41) is 29.3. The molecule has 6 nitrogen and oxygen atoms in total. The van der Waals surface area contributed by atoms with Crippen LogP contribution in [-0.2, 0) is 20.8 Å². The van der Waals surface area contributed by atoms with Crippen molar-refractivity contribution < 1.29 is 29.5 Å². The number of benzene rings is 1. The van der Waals surface area contributed by atoms with Crippen LogP contribution in [0.3, 0.4) is 0 Å². The van der Waals surface area contributed by atoms with Crippen molar-refractivity contribution in [3.05, 3.63) is 35.9 Å². The minimum absolute atomic E-state index is 0.166. The Morgan fingerprint density at radius 2 is 1.86 bits per heavy atom. The van der Waals surface area contributed by atoms with Crippen molar-refractivity contribution in [3.63, 3.8) is 0 Å². The molecular weight excluding hydrogens is 276 g/mol. The number of hydrogen-bond acceptors (Lipinski definition) is 6. The third kappa shape index (κ3) is 4.23. The van der Waals surface area contributed by atoms with Crippen LogP contribution in [-0.4, -0.2) is 52.3 Å². The zero-order valence-corrected chi connectivity index (χ0v) is 12.2. The van der Waals surface area contributed by atoms with Crippen LogP contribution in [0.25, 0.3) is 0 Å². The first kappa shape index (κ1) is 16.4. The molecule has 1 aliphatic heterocycles. The summed E-state index contributed by atoms with van der Waals surface area (Å²) in [6, 6.07) is 9.31. The van der Waals surface area contributed by atoms with Crippen LogP contribution in [0.1, 0.15) is 19.4 Å². The van der Waals surface area contributed by atoms with E-state index < -0.39 is 30.4 Å². The molecule has 0 amide bonds. The lowest BCUT2D eigenvalue weighted by atomic mass is 10.1. The summed E-state index contributed by atoms with van der Waals surface area (Å²) in [5.41, 5.74) is 0.881. The Morgan fingerprint density at radius 3 is 2.48 bits per heavy atom. The average Bonchev–Trinajstić information content (AvgIpc) is 2.80. The number of hydrogen-bond donors (Lipinski definition) is 3. The maximum absolute atomic E-state index is 10.1. The van der Waals surface area contributed by atoms with Crippen LogP contribution < -0.4 is 0 Å². The second-order valence-corrected chi connectivity index (χ2v) is 5.50. The summed E-state index contributed by atoms with van der Waals surface area (Å²) in [6.07, 6.45) is -4.30. The summed E-state index contributed by atoms with van der Waals surface area (Å²) in [5.74, 6) is -0.918. The first-order valence-corrected chi connectivity index (χ1v) is 6.91. The SMILES string of the molecule is CC1(C)O[C@H]([C@H](O)C(O)OCc2ccccc2)[C@H](CO)O1. The van der Waals surface area contributed by atoms with Crippen LogP contribution in [0.5, 0.6) is 0 Å². The predicted molar refractivity (Wildman–Crippen MR) is 74.2 cm³/mol. The number of ether oxygens (including phenoxy) is 3. The van der Waals surface area contributed by atoms with Gasteiger partial charge in [-0.3, -0.25) is 0 Å². The van der Waals surface area contributed by atoms with Crippen molar-refractivity contribution >= 4 is 0 Å². The maximum atomic E-state index is 10.1. The minimum Gasteiger partial charge on any atom is -0.394 e. The van der Waals surface area contributed by atoms with E-state index in [1.807, 2.05) is 30.3 Å². The molecule has 0 aliphatic carbocycles. The lowest BCUT2D eigenvalue weighted by Gasteiger charge is -2.25. The Bertz CT molecular complexity index is 435. The normalized spacial score (nSPS) is 27.5. The average molecular weight is 298 g/mol. The molecule has 1 heterocycles. The molecule has 0 radical (unpaired) electrons. The van der Waals surface area contributed by atoms with E-state index in [-0.39, 0.29) is 13.2 Å². The highest BCUT2D eigenvalue weighted by atomic mass is 16.8. The molecule has 1 saturated heterocycles. The molecule has 4 atom stereocenters. The molecule has 0 spiro atoms. The van der Waals surface area contributed by atoms with Crippen molar-refractivity contribution in [3.8, 4) is 0 Å². The highest BCUT2D eigenvalue weighted by Crippen LogP contribution is 2.30. The quantitative estimate of drug-likeness (QED) is 0.659. The van der Waals surface area contributed by atoms with E-state index in [4.69, 9.17) is 14.2 Å². The fourth-order valence-electron chi connectivity index (χ4n) is 2.31. The lowest BCUT2D eigenvalue weighted by Crippen LogP contribution is -2.45. The van der Waals surface area contributed by atoms with Crippen molar-refractivity contribution in [2.75, 3.05) is 6.61 Å². The van der Waals surface area contributed by atoms with Crippen LogP contribution in [0, 0.1) is 0 Å². The van der Waals surface area contributed by atoms with Crippen molar-refractivity contribution in [1.82, 2.24) is 0 Å². The Kier molecular flexibility index (Phi) is 5.32. The molecule has 2 rings (SSSR count). The van der Waals surface area contributed by atoms with Gasteiger partial charge in [-0.1, -0.05) is 30.3 Å². The molecule has 1 fully saturated rings. The van der Waals surface area contributed by atoms with Gasteiger partial charge in [0.2, 0.25) is 0 Å². The second-order valence-electron chi connectivity index (χ2n) is 5.50. The van der Waals surface area contributed by atoms with Gasteiger partial charge in [0, 0.05) is 0 Å². The van der Waals surface area contributed by atoms with Gasteiger partial charge >= 0.3 is 0 Å². The zero-order chi connectivity index (χ0) is 15.5. The van der Waals surface area contributed by atoms with Gasteiger partial charge in [0.25, 0.3) is 0 Å².